The molecule has 0 saturated carbocycles. The number of rotatable bonds is 11. The highest BCUT2D eigenvalue weighted by Gasteiger charge is 2.44. The lowest BCUT2D eigenvalue weighted by atomic mass is 10.1. The van der Waals surface area contributed by atoms with Gasteiger partial charge < -0.3 is 39.8 Å². The van der Waals surface area contributed by atoms with Gasteiger partial charge in [0, 0.05) is 20.0 Å². The van der Waals surface area contributed by atoms with Crippen LogP contribution in [0.15, 0.2) is 30.3 Å². The normalized spacial score (nSPS) is 20.2. The summed E-state index contributed by atoms with van der Waals surface area (Å²) in [6.07, 6.45) is -0.455. The Morgan fingerprint density at radius 1 is 0.952 bits per heavy atom. The number of nitrogens with one attached hydrogen (secondary N) is 2. The third-order valence-electron chi connectivity index (χ3n) is 7.15. The Balaban J connectivity index is 1.69. The van der Waals surface area contributed by atoms with Crippen LogP contribution >= 0.6 is 0 Å². The largest absolute Gasteiger partial charge is 0.467 e. The van der Waals surface area contributed by atoms with E-state index in [1.54, 1.807) is 24.3 Å². The fourth-order valence-electron chi connectivity index (χ4n) is 5.02. The fourth-order valence-corrected chi connectivity index (χ4v) is 5.02. The molecule has 230 valence electrons. The van der Waals surface area contributed by atoms with Crippen molar-refractivity contribution >= 4 is 35.8 Å². The molecular weight excluding hydrogens is 552 g/mol. The highest BCUT2D eigenvalue weighted by Crippen LogP contribution is 2.26. The van der Waals surface area contributed by atoms with Crippen LogP contribution in [0.2, 0.25) is 0 Å². The van der Waals surface area contributed by atoms with E-state index in [2.05, 4.69) is 15.4 Å². The van der Waals surface area contributed by atoms with Crippen LogP contribution in [0.25, 0.3) is 0 Å². The van der Waals surface area contributed by atoms with Crippen LogP contribution in [-0.4, -0.2) is 108 Å². The Morgan fingerprint density at radius 2 is 1.60 bits per heavy atom. The first-order chi connectivity index (χ1) is 20.0. The van der Waals surface area contributed by atoms with E-state index in [1.807, 2.05) is 6.07 Å². The molecule has 1 aromatic rings. The fraction of sp³-hybridized carbons (Fsp3) is 0.571. The van der Waals surface area contributed by atoms with E-state index in [0.29, 0.717) is 25.7 Å². The summed E-state index contributed by atoms with van der Waals surface area (Å²) in [4.78, 5) is 79.0. The van der Waals surface area contributed by atoms with Crippen LogP contribution in [-0.2, 0) is 44.8 Å². The lowest BCUT2D eigenvalue weighted by molar-refractivity contribution is -0.151. The minimum atomic E-state index is -1.31. The van der Waals surface area contributed by atoms with Gasteiger partial charge in [-0.2, -0.15) is 0 Å². The number of aliphatic hydroxyl groups is 1. The number of hydrogen-bond acceptors (Lipinski definition) is 10. The third-order valence-corrected chi connectivity index (χ3v) is 7.15. The molecule has 4 amide bonds. The van der Waals surface area contributed by atoms with Crippen molar-refractivity contribution in [3.05, 3.63) is 35.9 Å². The summed E-state index contributed by atoms with van der Waals surface area (Å²) < 4.78 is 14.9. The molecule has 0 aliphatic carbocycles. The number of nitrogens with zero attached hydrogens (tertiary/aromatic N) is 2. The number of hydrogen-bond donors (Lipinski definition) is 3. The van der Waals surface area contributed by atoms with Crippen LogP contribution < -0.4 is 10.6 Å². The van der Waals surface area contributed by atoms with E-state index in [9.17, 15) is 33.9 Å². The first kappa shape index (κ1) is 32.3. The van der Waals surface area contributed by atoms with Crippen molar-refractivity contribution in [1.29, 1.82) is 0 Å². The predicted molar refractivity (Wildman–Crippen MR) is 145 cm³/mol. The lowest BCUT2D eigenvalue weighted by Crippen LogP contribution is -2.58. The summed E-state index contributed by atoms with van der Waals surface area (Å²) in [5.74, 6) is -3.19. The second kappa shape index (κ2) is 15.1. The Labute approximate surface area is 243 Å². The highest BCUT2D eigenvalue weighted by molar-refractivity contribution is 5.95. The van der Waals surface area contributed by atoms with Gasteiger partial charge in [-0.15, -0.1) is 0 Å². The van der Waals surface area contributed by atoms with Gasteiger partial charge in [-0.3, -0.25) is 19.2 Å². The quantitative estimate of drug-likeness (QED) is 0.232. The molecule has 0 radical (unpaired) electrons. The van der Waals surface area contributed by atoms with Crippen molar-refractivity contribution < 1.29 is 48.1 Å². The summed E-state index contributed by atoms with van der Waals surface area (Å²) in [6, 6.07) is 4.47. The van der Waals surface area contributed by atoms with Crippen LogP contribution in [0.4, 0.5) is 4.79 Å². The molecule has 42 heavy (non-hydrogen) atoms. The number of carbonyl (C=O) groups excluding carboxylic acids is 6. The molecule has 14 nitrogen and oxygen atoms in total. The first-order valence-corrected chi connectivity index (χ1v) is 13.8. The molecule has 14 heteroatoms. The van der Waals surface area contributed by atoms with Crippen molar-refractivity contribution in [3.63, 3.8) is 0 Å². The molecule has 3 N–H and O–H groups in total. The zero-order valence-electron chi connectivity index (χ0n) is 23.9. The summed E-state index contributed by atoms with van der Waals surface area (Å²) in [5, 5.41) is 14.8. The van der Waals surface area contributed by atoms with Gasteiger partial charge in [-0.1, -0.05) is 30.3 Å². The molecule has 0 aromatic heterocycles. The number of benzene rings is 1. The van der Waals surface area contributed by atoms with Crippen molar-refractivity contribution in [2.45, 2.75) is 76.4 Å². The molecule has 5 atom stereocenters. The van der Waals surface area contributed by atoms with Crippen LogP contribution in [0, 0.1) is 0 Å². The standard InChI is InChI=1S/C28H38N4O10/c1-17(33)23(27(38)40-3)30-24(35)21-11-7-13-31(21)26(37)22-12-8-14-32(22)25(36)20(16-41-18(2)34)29-28(39)42-15-19-9-5-4-6-10-19/h4-6,9-10,17,20-23,33H,7-8,11-16H2,1-3H3,(H,29,39)(H,30,35)/t17?,20-,21+,22+,23?/m1/s1. The second-order valence-corrected chi connectivity index (χ2v) is 10.2. The van der Waals surface area contributed by atoms with Gasteiger partial charge in [0.25, 0.3) is 0 Å². The Morgan fingerprint density at radius 3 is 2.21 bits per heavy atom. The van der Waals surface area contributed by atoms with Gasteiger partial charge in [0.15, 0.2) is 6.04 Å². The number of amides is 4. The van der Waals surface area contributed by atoms with Crippen molar-refractivity contribution in [2.75, 3.05) is 26.8 Å². The van der Waals surface area contributed by atoms with Gasteiger partial charge in [0.1, 0.15) is 31.3 Å². The molecular formula is C28H38N4O10. The van der Waals surface area contributed by atoms with Gasteiger partial charge in [-0.05, 0) is 38.2 Å². The van der Waals surface area contributed by atoms with Crippen LogP contribution in [0.1, 0.15) is 45.1 Å². The van der Waals surface area contributed by atoms with Gasteiger partial charge >= 0.3 is 18.0 Å². The van der Waals surface area contributed by atoms with Gasteiger partial charge in [0.2, 0.25) is 17.7 Å². The van der Waals surface area contributed by atoms with E-state index in [1.165, 1.54) is 16.7 Å². The maximum Gasteiger partial charge on any atom is 0.408 e. The predicted octanol–water partition coefficient (Wildman–Crippen LogP) is -0.135. The van der Waals surface area contributed by atoms with E-state index < -0.39 is 72.6 Å². The SMILES string of the molecule is COC(=O)C(NC(=O)[C@@H]1CCCN1C(=O)[C@@H]1CCCN1C(=O)[C@@H](COC(C)=O)NC(=O)OCc1ccccc1)C(C)O. The minimum Gasteiger partial charge on any atom is -0.467 e. The molecule has 2 fully saturated rings. The average Bonchev–Trinajstić information content (AvgIpc) is 3.66. The summed E-state index contributed by atoms with van der Waals surface area (Å²) in [6.45, 7) is 2.46. The van der Waals surface area contributed by atoms with Crippen LogP contribution in [0.5, 0.6) is 0 Å². The van der Waals surface area contributed by atoms with Gasteiger partial charge in [0.05, 0.1) is 13.2 Å². The topological polar surface area (TPSA) is 181 Å². The van der Waals surface area contributed by atoms with Gasteiger partial charge in [-0.25, -0.2) is 9.59 Å². The number of carbonyl (C=O) groups is 6. The van der Waals surface area contributed by atoms with E-state index in [-0.39, 0.29) is 19.7 Å². The molecule has 2 saturated heterocycles. The second-order valence-electron chi connectivity index (χ2n) is 10.2. The zero-order valence-corrected chi connectivity index (χ0v) is 23.9. The molecule has 2 aliphatic heterocycles. The number of ether oxygens (including phenoxy) is 3. The number of methoxy groups -OCH3 is 1. The molecule has 0 spiro atoms. The number of likely N-dealkylation sites (tertiary alicyclic amines) is 2. The maximum atomic E-state index is 13.7. The molecule has 1 aromatic carbocycles. The zero-order chi connectivity index (χ0) is 30.8. The Kier molecular flexibility index (Phi) is 11.7. The molecule has 2 aliphatic rings. The van der Waals surface area contributed by atoms with Crippen LogP contribution in [0.3, 0.4) is 0 Å². The van der Waals surface area contributed by atoms with Crippen molar-refractivity contribution in [3.8, 4) is 0 Å². The molecule has 2 heterocycles. The van der Waals surface area contributed by atoms with Crippen molar-refractivity contribution in [2.24, 2.45) is 0 Å². The maximum absolute atomic E-state index is 13.7. The molecule has 0 bridgehead atoms. The van der Waals surface area contributed by atoms with E-state index >= 15 is 0 Å². The molecule has 2 unspecified atom stereocenters. The highest BCUT2D eigenvalue weighted by atomic mass is 16.6. The van der Waals surface area contributed by atoms with Crippen molar-refractivity contribution in [1.82, 2.24) is 20.4 Å². The number of aliphatic hydroxyl groups excluding tert-OH is 1. The summed E-state index contributed by atoms with van der Waals surface area (Å²) >= 11 is 0. The van der Waals surface area contributed by atoms with E-state index in [4.69, 9.17) is 9.47 Å². The molecule has 3 rings (SSSR count). The number of alkyl carbamates (subject to hydrolysis) is 1. The Bertz CT molecular complexity index is 1140. The third kappa shape index (κ3) is 8.41. The Hall–Kier alpha value is -4.20. The summed E-state index contributed by atoms with van der Waals surface area (Å²) in [5.41, 5.74) is 0.733. The van der Waals surface area contributed by atoms with E-state index in [0.717, 1.165) is 19.6 Å². The first-order valence-electron chi connectivity index (χ1n) is 13.8. The number of esters is 2. The average molecular weight is 591 g/mol. The minimum absolute atomic E-state index is 0.0454. The summed E-state index contributed by atoms with van der Waals surface area (Å²) in [7, 11) is 1.13. The smallest absolute Gasteiger partial charge is 0.408 e. The monoisotopic (exact) mass is 590 g/mol. The lowest BCUT2D eigenvalue weighted by Gasteiger charge is -2.33.